The molecule has 1 saturated heterocycles. The summed E-state index contributed by atoms with van der Waals surface area (Å²) < 4.78 is 32.7. The Morgan fingerprint density at radius 2 is 1.23 bits per heavy atom. The first-order valence-electron chi connectivity index (χ1n) is 15.6. The highest BCUT2D eigenvalue weighted by Gasteiger charge is 2.52. The van der Waals surface area contributed by atoms with Gasteiger partial charge in [0.2, 0.25) is 0 Å². The third kappa shape index (κ3) is 7.57. The number of rotatable bonds is 14. The maximum absolute atomic E-state index is 7.20. The van der Waals surface area contributed by atoms with Gasteiger partial charge in [0.05, 0.1) is 25.9 Å². The number of methoxy groups -OCH3 is 1. The van der Waals surface area contributed by atoms with Gasteiger partial charge >= 0.3 is 0 Å². The number of hydrogen-bond acceptors (Lipinski definition) is 5. The third-order valence-electron chi connectivity index (χ3n) is 8.58. The minimum Gasteiger partial charge on any atom is -0.407 e. The van der Waals surface area contributed by atoms with Crippen LogP contribution in [0, 0.1) is 0 Å². The molecule has 5 nitrogen and oxygen atoms in total. The maximum Gasteiger partial charge on any atom is 0.261 e. The Hall–Kier alpha value is -3.10. The molecule has 1 fully saturated rings. The number of benzene rings is 4. The second kappa shape index (κ2) is 14.8. The van der Waals surface area contributed by atoms with E-state index in [1.54, 1.807) is 7.11 Å². The van der Waals surface area contributed by atoms with Gasteiger partial charge in [0.15, 0.2) is 5.79 Å². The van der Waals surface area contributed by atoms with E-state index in [-0.39, 0.29) is 17.2 Å². The molecule has 0 aliphatic carbocycles. The van der Waals surface area contributed by atoms with Gasteiger partial charge in [0, 0.05) is 26.6 Å². The molecule has 232 valence electrons. The van der Waals surface area contributed by atoms with Crippen LogP contribution in [0.1, 0.15) is 44.7 Å². The quantitative estimate of drug-likeness (QED) is 0.146. The third-order valence-corrected chi connectivity index (χ3v) is 13.6. The Morgan fingerprint density at radius 3 is 1.73 bits per heavy atom. The lowest BCUT2D eigenvalue weighted by molar-refractivity contribution is -0.226. The Balaban J connectivity index is 1.34. The van der Waals surface area contributed by atoms with E-state index < -0.39 is 14.1 Å². The standard InChI is InChI=1S/C38H46O5Si/c1-37(2,3)44(33-21-13-7-14-22-33,34-23-15-8-16-24-34)42-26-25-38(39-4)27-35(41-29-32-19-11-6-12-20-32)36(43-38)30-40-28-31-17-9-5-10-18-31/h5-24,35-36H,25-30H2,1-4H3/t35-,36+,38+/m0/s1. The molecule has 3 atom stereocenters. The van der Waals surface area contributed by atoms with Crippen LogP contribution >= 0.6 is 0 Å². The van der Waals surface area contributed by atoms with E-state index in [0.717, 1.165) is 11.1 Å². The summed E-state index contributed by atoms with van der Waals surface area (Å²) in [5, 5.41) is 2.41. The summed E-state index contributed by atoms with van der Waals surface area (Å²) in [6.07, 6.45) is 0.725. The van der Waals surface area contributed by atoms with Crippen LogP contribution in [0.5, 0.6) is 0 Å². The maximum atomic E-state index is 7.20. The molecule has 0 unspecified atom stereocenters. The van der Waals surface area contributed by atoms with Crippen molar-refractivity contribution in [3.8, 4) is 0 Å². The van der Waals surface area contributed by atoms with Crippen LogP contribution < -0.4 is 10.4 Å². The second-order valence-corrected chi connectivity index (χ2v) is 16.9. The van der Waals surface area contributed by atoms with Crippen molar-refractivity contribution in [3.63, 3.8) is 0 Å². The first kappa shape index (κ1) is 32.3. The zero-order valence-electron chi connectivity index (χ0n) is 26.5. The van der Waals surface area contributed by atoms with Gasteiger partial charge in [0.1, 0.15) is 6.10 Å². The Kier molecular flexibility index (Phi) is 10.9. The first-order chi connectivity index (χ1) is 21.4. The minimum atomic E-state index is -2.69. The Morgan fingerprint density at radius 1 is 0.727 bits per heavy atom. The molecule has 0 N–H and O–H groups in total. The lowest BCUT2D eigenvalue weighted by Crippen LogP contribution is -2.66. The zero-order chi connectivity index (χ0) is 30.9. The molecule has 0 bridgehead atoms. The molecule has 4 aromatic rings. The smallest absolute Gasteiger partial charge is 0.261 e. The summed E-state index contributed by atoms with van der Waals surface area (Å²) in [5.74, 6) is -0.840. The number of ether oxygens (including phenoxy) is 4. The topological polar surface area (TPSA) is 46.2 Å². The van der Waals surface area contributed by atoms with Crippen LogP contribution in [0.4, 0.5) is 0 Å². The summed E-state index contributed by atoms with van der Waals surface area (Å²) in [7, 11) is -0.959. The summed E-state index contributed by atoms with van der Waals surface area (Å²) in [5.41, 5.74) is 2.25. The molecule has 0 radical (unpaired) electrons. The van der Waals surface area contributed by atoms with Crippen LogP contribution in [-0.4, -0.2) is 46.6 Å². The minimum absolute atomic E-state index is 0.110. The molecule has 5 rings (SSSR count). The van der Waals surface area contributed by atoms with E-state index >= 15 is 0 Å². The van der Waals surface area contributed by atoms with Crippen LogP contribution in [0.25, 0.3) is 0 Å². The monoisotopic (exact) mass is 610 g/mol. The molecule has 0 amide bonds. The largest absolute Gasteiger partial charge is 0.407 e. The summed E-state index contributed by atoms with van der Waals surface area (Å²) in [6, 6.07) is 41.9. The van der Waals surface area contributed by atoms with Crippen LogP contribution in [0.15, 0.2) is 121 Å². The summed E-state index contributed by atoms with van der Waals surface area (Å²) in [6.45, 7) is 8.81. The van der Waals surface area contributed by atoms with Crippen molar-refractivity contribution < 1.29 is 23.4 Å². The van der Waals surface area contributed by atoms with Crippen LogP contribution in [0.3, 0.4) is 0 Å². The van der Waals surface area contributed by atoms with Crippen LogP contribution in [-0.2, 0) is 36.6 Å². The average Bonchev–Trinajstić information content (AvgIpc) is 3.41. The first-order valence-corrected chi connectivity index (χ1v) is 17.5. The SMILES string of the molecule is CO[C@@]1(CCO[Si](c2ccccc2)(c2ccccc2)C(C)(C)C)C[C@H](OCc2ccccc2)[C@@H](COCc2ccccc2)O1. The molecule has 0 saturated carbocycles. The highest BCUT2D eigenvalue weighted by molar-refractivity contribution is 6.99. The molecule has 44 heavy (non-hydrogen) atoms. The highest BCUT2D eigenvalue weighted by atomic mass is 28.4. The Bertz CT molecular complexity index is 1360. The van der Waals surface area contributed by atoms with E-state index in [9.17, 15) is 0 Å². The van der Waals surface area contributed by atoms with E-state index in [1.807, 2.05) is 36.4 Å². The molecule has 6 heteroatoms. The predicted molar refractivity (Wildman–Crippen MR) is 179 cm³/mol. The van der Waals surface area contributed by atoms with Gasteiger partial charge in [-0.25, -0.2) is 0 Å². The van der Waals surface area contributed by atoms with E-state index in [0.29, 0.717) is 39.3 Å². The van der Waals surface area contributed by atoms with Crippen molar-refractivity contribution in [1.82, 2.24) is 0 Å². The fraction of sp³-hybridized carbons (Fsp3) is 0.368. The lowest BCUT2D eigenvalue weighted by Gasteiger charge is -2.43. The van der Waals surface area contributed by atoms with Gasteiger partial charge in [-0.05, 0) is 26.5 Å². The van der Waals surface area contributed by atoms with Crippen LogP contribution in [0.2, 0.25) is 5.04 Å². The second-order valence-electron chi connectivity index (χ2n) is 12.6. The summed E-state index contributed by atoms with van der Waals surface area (Å²) >= 11 is 0. The van der Waals surface area contributed by atoms with E-state index in [2.05, 4.69) is 106 Å². The van der Waals surface area contributed by atoms with Gasteiger partial charge in [-0.15, -0.1) is 0 Å². The van der Waals surface area contributed by atoms with Crippen molar-refractivity contribution in [1.29, 1.82) is 0 Å². The molecule has 1 aliphatic heterocycles. The Labute approximate surface area is 264 Å². The van der Waals surface area contributed by atoms with Gasteiger partial charge in [-0.2, -0.15) is 0 Å². The van der Waals surface area contributed by atoms with Crippen molar-refractivity contribution in [2.45, 2.75) is 69.9 Å². The number of hydrogen-bond donors (Lipinski definition) is 0. The average molecular weight is 611 g/mol. The van der Waals surface area contributed by atoms with Crippen molar-refractivity contribution in [2.24, 2.45) is 0 Å². The van der Waals surface area contributed by atoms with Crippen molar-refractivity contribution in [3.05, 3.63) is 132 Å². The highest BCUT2D eigenvalue weighted by Crippen LogP contribution is 2.40. The van der Waals surface area contributed by atoms with E-state index in [4.69, 9.17) is 23.4 Å². The normalized spacial score (nSPS) is 20.5. The molecule has 1 heterocycles. The molecule has 0 spiro atoms. The molecular formula is C38H46O5Si. The van der Waals surface area contributed by atoms with Gasteiger partial charge < -0.3 is 23.4 Å². The van der Waals surface area contributed by atoms with E-state index in [1.165, 1.54) is 10.4 Å². The molecule has 0 aromatic heterocycles. The van der Waals surface area contributed by atoms with Gasteiger partial charge in [0.25, 0.3) is 8.32 Å². The fourth-order valence-corrected chi connectivity index (χ4v) is 10.9. The van der Waals surface area contributed by atoms with Crippen molar-refractivity contribution in [2.75, 3.05) is 20.3 Å². The predicted octanol–water partition coefficient (Wildman–Crippen LogP) is 6.89. The van der Waals surface area contributed by atoms with Crippen molar-refractivity contribution >= 4 is 18.7 Å². The van der Waals surface area contributed by atoms with Gasteiger partial charge in [-0.1, -0.05) is 142 Å². The zero-order valence-corrected chi connectivity index (χ0v) is 27.5. The fourth-order valence-electron chi connectivity index (χ4n) is 6.31. The summed E-state index contributed by atoms with van der Waals surface area (Å²) in [4.78, 5) is 0. The molecule has 4 aromatic carbocycles. The van der Waals surface area contributed by atoms with Gasteiger partial charge in [-0.3, -0.25) is 0 Å². The lowest BCUT2D eigenvalue weighted by atomic mass is 10.1. The molecule has 1 aliphatic rings. The molecular weight excluding hydrogens is 564 g/mol.